The third-order valence-electron chi connectivity index (χ3n) is 5.22. The number of nitrogens with one attached hydrogen (secondary N) is 3. The van der Waals surface area contributed by atoms with Gasteiger partial charge in [-0.15, -0.1) is 0 Å². The second-order valence-corrected chi connectivity index (χ2v) is 8.62. The summed E-state index contributed by atoms with van der Waals surface area (Å²) in [5, 5.41) is 12.6. The summed E-state index contributed by atoms with van der Waals surface area (Å²) in [5.74, 6) is -0.0496. The van der Waals surface area contributed by atoms with Crippen LogP contribution in [-0.2, 0) is 4.79 Å². The number of anilines is 1. The van der Waals surface area contributed by atoms with Crippen molar-refractivity contribution in [2.24, 2.45) is 5.41 Å². The summed E-state index contributed by atoms with van der Waals surface area (Å²) in [4.78, 5) is 24.4. The highest BCUT2D eigenvalue weighted by molar-refractivity contribution is 5.98. The maximum Gasteiger partial charge on any atom is 0.229 e. The molecule has 7 heteroatoms. The summed E-state index contributed by atoms with van der Waals surface area (Å²) in [6.45, 7) is 5.65. The number of H-pyrrole nitrogens is 2. The van der Waals surface area contributed by atoms with E-state index in [-0.39, 0.29) is 5.91 Å². The number of fused-ring (bicyclic) bond motifs is 2. The quantitative estimate of drug-likeness (QED) is 0.383. The second kappa shape index (κ2) is 7.05. The van der Waals surface area contributed by atoms with Crippen LogP contribution in [0.4, 0.5) is 5.69 Å². The van der Waals surface area contributed by atoms with E-state index in [2.05, 4.69) is 42.6 Å². The molecule has 0 spiro atoms. The number of carbonyl (C=O) groups excluding carboxylic acids is 1. The molecule has 5 rings (SSSR count). The Morgan fingerprint density at radius 1 is 1.03 bits per heavy atom. The van der Waals surface area contributed by atoms with E-state index in [1.165, 1.54) is 0 Å². The van der Waals surface area contributed by atoms with Crippen LogP contribution in [0.25, 0.3) is 44.5 Å². The van der Waals surface area contributed by atoms with Crippen LogP contribution in [0.2, 0.25) is 0 Å². The smallest absolute Gasteiger partial charge is 0.229 e. The maximum absolute atomic E-state index is 12.3. The van der Waals surface area contributed by atoms with Gasteiger partial charge >= 0.3 is 0 Å². The first-order chi connectivity index (χ1) is 14.9. The molecule has 1 amide bonds. The van der Waals surface area contributed by atoms with Gasteiger partial charge in [0.1, 0.15) is 11.3 Å². The summed E-state index contributed by atoms with van der Waals surface area (Å²) >= 11 is 0. The lowest BCUT2D eigenvalue weighted by Crippen LogP contribution is -2.27. The van der Waals surface area contributed by atoms with Gasteiger partial charge in [0, 0.05) is 34.1 Å². The Bertz CT molecular complexity index is 1390. The zero-order valence-electron chi connectivity index (χ0n) is 17.5. The molecule has 7 nitrogen and oxygen atoms in total. The zero-order valence-corrected chi connectivity index (χ0v) is 17.5. The fraction of sp³-hybridized carbons (Fsp3) is 0.167. The van der Waals surface area contributed by atoms with Crippen molar-refractivity contribution in [2.75, 3.05) is 5.32 Å². The van der Waals surface area contributed by atoms with Crippen molar-refractivity contribution in [3.05, 3.63) is 61.1 Å². The number of hydrogen-bond acceptors (Lipinski definition) is 4. The topological polar surface area (TPSA) is 99.3 Å². The van der Waals surface area contributed by atoms with Gasteiger partial charge in [-0.25, -0.2) is 4.98 Å². The van der Waals surface area contributed by atoms with Crippen LogP contribution in [0.15, 0.2) is 61.1 Å². The van der Waals surface area contributed by atoms with Crippen LogP contribution < -0.4 is 5.32 Å². The molecule has 0 bridgehead atoms. The minimum Gasteiger partial charge on any atom is -0.338 e. The fourth-order valence-electron chi connectivity index (χ4n) is 3.47. The molecule has 4 aromatic heterocycles. The molecule has 4 heterocycles. The van der Waals surface area contributed by atoms with E-state index in [9.17, 15) is 4.79 Å². The highest BCUT2D eigenvalue weighted by Gasteiger charge is 2.21. The Labute approximate surface area is 178 Å². The van der Waals surface area contributed by atoms with Gasteiger partial charge < -0.3 is 10.3 Å². The third kappa shape index (κ3) is 3.54. The molecule has 0 fully saturated rings. The Balaban J connectivity index is 1.54. The minimum absolute atomic E-state index is 0.0496. The number of aromatic nitrogens is 5. The number of rotatable bonds is 3. The molecule has 1 aromatic carbocycles. The molecule has 0 radical (unpaired) electrons. The van der Waals surface area contributed by atoms with Crippen LogP contribution in [0.1, 0.15) is 20.8 Å². The van der Waals surface area contributed by atoms with Crippen LogP contribution in [0.5, 0.6) is 0 Å². The summed E-state index contributed by atoms with van der Waals surface area (Å²) in [6.07, 6.45) is 5.22. The molecular weight excluding hydrogens is 388 g/mol. The average Bonchev–Trinajstić information content (AvgIpc) is 3.36. The number of carbonyl (C=O) groups is 1. The predicted octanol–water partition coefficient (Wildman–Crippen LogP) is 5.15. The van der Waals surface area contributed by atoms with Gasteiger partial charge in [-0.05, 0) is 42.0 Å². The van der Waals surface area contributed by atoms with Crippen molar-refractivity contribution in [3.63, 3.8) is 0 Å². The van der Waals surface area contributed by atoms with Crippen LogP contribution in [0.3, 0.4) is 0 Å². The normalized spacial score (nSPS) is 11.8. The Kier molecular flexibility index (Phi) is 4.32. The molecule has 0 aliphatic carbocycles. The van der Waals surface area contributed by atoms with Crippen LogP contribution in [-0.4, -0.2) is 31.1 Å². The van der Waals surface area contributed by atoms with Gasteiger partial charge in [0.2, 0.25) is 5.91 Å². The molecular formula is C24H22N6O. The van der Waals surface area contributed by atoms with Gasteiger partial charge in [-0.1, -0.05) is 26.8 Å². The van der Waals surface area contributed by atoms with E-state index in [0.717, 1.165) is 44.5 Å². The van der Waals surface area contributed by atoms with Gasteiger partial charge in [-0.2, -0.15) is 5.10 Å². The number of aromatic amines is 2. The molecule has 0 saturated heterocycles. The average molecular weight is 410 g/mol. The standard InChI is InChI=1S/C24H22N6O/c1-24(2,3)23(31)27-17-9-16(12-25-13-17)14-6-7-19-18(10-14)21(30-29-19)20-11-15-5-4-8-26-22(15)28-20/h4-13H,1-3H3,(H,26,28)(H,27,31)(H,29,30). The molecule has 31 heavy (non-hydrogen) atoms. The number of hydrogen-bond donors (Lipinski definition) is 3. The number of benzene rings is 1. The summed E-state index contributed by atoms with van der Waals surface area (Å²) < 4.78 is 0. The summed E-state index contributed by atoms with van der Waals surface area (Å²) in [7, 11) is 0. The molecule has 3 N–H and O–H groups in total. The first-order valence-corrected chi connectivity index (χ1v) is 10.1. The van der Waals surface area contributed by atoms with Crippen molar-refractivity contribution in [3.8, 4) is 22.5 Å². The first kappa shape index (κ1) is 19.0. The van der Waals surface area contributed by atoms with Crippen molar-refractivity contribution >= 4 is 33.5 Å². The van der Waals surface area contributed by atoms with E-state index in [1.54, 1.807) is 18.6 Å². The number of nitrogens with zero attached hydrogens (tertiary/aromatic N) is 3. The van der Waals surface area contributed by atoms with Crippen molar-refractivity contribution in [1.82, 2.24) is 25.1 Å². The van der Waals surface area contributed by atoms with Gasteiger partial charge in [0.25, 0.3) is 0 Å². The largest absolute Gasteiger partial charge is 0.338 e. The van der Waals surface area contributed by atoms with Crippen molar-refractivity contribution in [2.45, 2.75) is 20.8 Å². The van der Waals surface area contributed by atoms with Crippen LogP contribution >= 0.6 is 0 Å². The number of amides is 1. The second-order valence-electron chi connectivity index (χ2n) is 8.62. The van der Waals surface area contributed by atoms with E-state index in [4.69, 9.17) is 0 Å². The SMILES string of the molecule is CC(C)(C)C(=O)Nc1cncc(-c2ccc3[nH]nc(-c4cc5cccnc5[nH]4)c3c2)c1. The lowest BCUT2D eigenvalue weighted by molar-refractivity contribution is -0.123. The Morgan fingerprint density at radius 3 is 2.71 bits per heavy atom. The fourth-order valence-corrected chi connectivity index (χ4v) is 3.47. The van der Waals surface area contributed by atoms with Crippen LogP contribution in [0, 0.1) is 5.41 Å². The third-order valence-corrected chi connectivity index (χ3v) is 5.22. The van der Waals surface area contributed by atoms with E-state index >= 15 is 0 Å². The summed E-state index contributed by atoms with van der Waals surface area (Å²) in [6, 6.07) is 14.0. The molecule has 0 atom stereocenters. The van der Waals surface area contributed by atoms with Crippen molar-refractivity contribution in [1.29, 1.82) is 0 Å². The first-order valence-electron chi connectivity index (χ1n) is 10.1. The molecule has 5 aromatic rings. The highest BCUT2D eigenvalue weighted by atomic mass is 16.2. The lowest BCUT2D eigenvalue weighted by Gasteiger charge is -2.17. The monoisotopic (exact) mass is 410 g/mol. The molecule has 0 aliphatic heterocycles. The van der Waals surface area contributed by atoms with E-state index in [0.29, 0.717) is 5.69 Å². The predicted molar refractivity (Wildman–Crippen MR) is 122 cm³/mol. The highest BCUT2D eigenvalue weighted by Crippen LogP contribution is 2.32. The van der Waals surface area contributed by atoms with Crippen molar-refractivity contribution < 1.29 is 4.79 Å². The molecule has 0 aliphatic rings. The zero-order chi connectivity index (χ0) is 21.6. The Hall–Kier alpha value is -4.00. The van der Waals surface area contributed by atoms with E-state index < -0.39 is 5.41 Å². The van der Waals surface area contributed by atoms with E-state index in [1.807, 2.05) is 51.1 Å². The number of pyridine rings is 2. The summed E-state index contributed by atoms with van der Waals surface area (Å²) in [5.41, 5.74) is 5.61. The van der Waals surface area contributed by atoms with Gasteiger partial charge in [-0.3, -0.25) is 14.9 Å². The molecule has 0 saturated carbocycles. The molecule has 154 valence electrons. The molecule has 0 unspecified atom stereocenters. The minimum atomic E-state index is -0.477. The van der Waals surface area contributed by atoms with Gasteiger partial charge in [0.15, 0.2) is 0 Å². The van der Waals surface area contributed by atoms with Gasteiger partial charge in [0.05, 0.1) is 23.1 Å². The lowest BCUT2D eigenvalue weighted by atomic mass is 9.95. The Morgan fingerprint density at radius 2 is 1.90 bits per heavy atom. The maximum atomic E-state index is 12.3.